The maximum Gasteiger partial charge on any atom is 0.158 e. The number of nitrogens with zero attached hydrogens (tertiary/aromatic N) is 4. The van der Waals surface area contributed by atoms with Gasteiger partial charge in [0, 0.05) is 43.4 Å². The lowest BCUT2D eigenvalue weighted by Crippen LogP contribution is -2.36. The Labute approximate surface area is 211 Å². The summed E-state index contributed by atoms with van der Waals surface area (Å²) < 4.78 is 11.2. The molecule has 0 bridgehead atoms. The van der Waals surface area contributed by atoms with Crippen molar-refractivity contribution >= 4 is 11.5 Å². The Morgan fingerprint density at radius 2 is 1.92 bits per heavy atom. The molecule has 1 aromatic heterocycles. The van der Waals surface area contributed by atoms with Crippen LogP contribution in [0.4, 0.5) is 5.69 Å². The standard InChI is InChI=1S/C28H30N4O4/c29-19-23-18-22(6-9-27(23)36-14-2-1-3-25(34)20-33)26-10-11-30-28(31-26)17-21-4-7-24(8-5-21)32-12-15-35-16-13-32/h4-11,18,33H,1-3,12-17,20H2. The molecule has 3 aromatic rings. The SMILES string of the molecule is N#Cc1cc(-c2ccnc(Cc3ccc(N4CCOCC4)cc3)n2)ccc1OCCCCC(=O)CO. The van der Waals surface area contributed by atoms with Gasteiger partial charge in [0.05, 0.1) is 31.1 Å². The molecule has 2 aromatic carbocycles. The van der Waals surface area contributed by atoms with Crippen molar-refractivity contribution in [2.24, 2.45) is 0 Å². The summed E-state index contributed by atoms with van der Waals surface area (Å²) in [7, 11) is 0. The minimum absolute atomic E-state index is 0.175. The lowest BCUT2D eigenvalue weighted by atomic mass is 10.1. The van der Waals surface area contributed by atoms with Crippen LogP contribution in [0.15, 0.2) is 54.7 Å². The Hall–Kier alpha value is -3.80. The molecule has 1 aliphatic heterocycles. The third-order valence-electron chi connectivity index (χ3n) is 6.06. The number of ketones is 1. The smallest absolute Gasteiger partial charge is 0.158 e. The number of aromatic nitrogens is 2. The first-order chi connectivity index (χ1) is 17.7. The Kier molecular flexibility index (Phi) is 8.98. The Morgan fingerprint density at radius 3 is 2.67 bits per heavy atom. The monoisotopic (exact) mass is 486 g/mol. The van der Waals surface area contributed by atoms with E-state index in [1.165, 1.54) is 5.69 Å². The van der Waals surface area contributed by atoms with Gasteiger partial charge in [-0.2, -0.15) is 5.26 Å². The van der Waals surface area contributed by atoms with Crippen molar-refractivity contribution in [3.63, 3.8) is 0 Å². The molecule has 0 aliphatic carbocycles. The van der Waals surface area contributed by atoms with Crippen LogP contribution in [0.1, 0.15) is 36.2 Å². The highest BCUT2D eigenvalue weighted by atomic mass is 16.5. The predicted molar refractivity (Wildman–Crippen MR) is 136 cm³/mol. The van der Waals surface area contributed by atoms with Gasteiger partial charge in [0.2, 0.25) is 0 Å². The van der Waals surface area contributed by atoms with E-state index in [9.17, 15) is 10.1 Å². The number of ether oxygens (including phenoxy) is 2. The summed E-state index contributed by atoms with van der Waals surface area (Å²) in [5, 5.41) is 18.4. The zero-order valence-corrected chi connectivity index (χ0v) is 20.2. The van der Waals surface area contributed by atoms with Crippen LogP contribution >= 0.6 is 0 Å². The van der Waals surface area contributed by atoms with E-state index in [0.717, 1.165) is 43.1 Å². The van der Waals surface area contributed by atoms with Crippen LogP contribution < -0.4 is 9.64 Å². The highest BCUT2D eigenvalue weighted by Crippen LogP contribution is 2.26. The fourth-order valence-electron chi connectivity index (χ4n) is 4.06. The molecule has 36 heavy (non-hydrogen) atoms. The van der Waals surface area contributed by atoms with Gasteiger partial charge in [-0.3, -0.25) is 4.79 Å². The molecule has 0 atom stereocenters. The highest BCUT2D eigenvalue weighted by molar-refractivity contribution is 5.79. The van der Waals surface area contributed by atoms with Crippen LogP contribution in [-0.2, 0) is 16.0 Å². The molecule has 8 heteroatoms. The molecule has 4 rings (SSSR count). The van der Waals surface area contributed by atoms with Crippen molar-refractivity contribution in [1.82, 2.24) is 9.97 Å². The van der Waals surface area contributed by atoms with E-state index in [1.54, 1.807) is 18.3 Å². The van der Waals surface area contributed by atoms with Crippen LogP contribution in [-0.4, -0.2) is 60.4 Å². The molecule has 0 spiro atoms. The number of hydrogen-bond donors (Lipinski definition) is 1. The van der Waals surface area contributed by atoms with E-state index in [0.29, 0.717) is 49.4 Å². The van der Waals surface area contributed by atoms with Crippen LogP contribution in [0, 0.1) is 11.3 Å². The summed E-state index contributed by atoms with van der Waals surface area (Å²) in [6, 6.07) is 17.9. The van der Waals surface area contributed by atoms with Crippen LogP contribution in [0.2, 0.25) is 0 Å². The minimum atomic E-state index is -0.424. The molecule has 1 saturated heterocycles. The second-order valence-corrected chi connectivity index (χ2v) is 8.63. The predicted octanol–water partition coefficient (Wildman–Crippen LogP) is 3.55. The summed E-state index contributed by atoms with van der Waals surface area (Å²) in [4.78, 5) is 22.7. The molecule has 0 amide bonds. The Morgan fingerprint density at radius 1 is 1.11 bits per heavy atom. The number of nitriles is 1. The van der Waals surface area contributed by atoms with Gasteiger partial charge in [-0.25, -0.2) is 9.97 Å². The van der Waals surface area contributed by atoms with Gasteiger partial charge in [-0.15, -0.1) is 0 Å². The number of carbonyl (C=O) groups excluding carboxylic acids is 1. The number of aliphatic hydroxyl groups excluding tert-OH is 1. The molecular formula is C28H30N4O4. The maximum atomic E-state index is 11.2. The molecule has 0 unspecified atom stereocenters. The van der Waals surface area contributed by atoms with Crippen molar-refractivity contribution in [1.29, 1.82) is 5.26 Å². The lowest BCUT2D eigenvalue weighted by molar-refractivity contribution is -0.121. The van der Waals surface area contributed by atoms with Gasteiger partial charge in [-0.1, -0.05) is 12.1 Å². The number of Topliss-reactive ketones (excluding diaryl/α,β-unsaturated/α-hetero) is 1. The summed E-state index contributed by atoms with van der Waals surface area (Å²) in [5.74, 6) is 1.04. The number of unbranched alkanes of at least 4 members (excludes halogenated alkanes) is 1. The van der Waals surface area contributed by atoms with E-state index >= 15 is 0 Å². The van der Waals surface area contributed by atoms with E-state index in [4.69, 9.17) is 19.6 Å². The third-order valence-corrected chi connectivity index (χ3v) is 6.06. The number of aliphatic hydroxyl groups is 1. The number of morpholine rings is 1. The first kappa shape index (κ1) is 25.3. The molecule has 8 nitrogen and oxygen atoms in total. The van der Waals surface area contributed by atoms with Crippen LogP contribution in [0.5, 0.6) is 5.75 Å². The first-order valence-electron chi connectivity index (χ1n) is 12.2. The van der Waals surface area contributed by atoms with Gasteiger partial charge in [-0.05, 0) is 54.8 Å². The van der Waals surface area contributed by atoms with Gasteiger partial charge in [0.15, 0.2) is 5.78 Å². The fraction of sp³-hybridized carbons (Fsp3) is 0.357. The first-order valence-corrected chi connectivity index (χ1v) is 12.2. The normalized spacial score (nSPS) is 13.3. The molecule has 1 N–H and O–H groups in total. The molecule has 1 fully saturated rings. The molecule has 186 valence electrons. The number of anilines is 1. The zero-order valence-electron chi connectivity index (χ0n) is 20.2. The summed E-state index contributed by atoms with van der Waals surface area (Å²) in [6.07, 6.45) is 3.99. The number of benzene rings is 2. The van der Waals surface area contributed by atoms with Crippen molar-refractivity contribution in [3.8, 4) is 23.1 Å². The number of hydrogen-bond acceptors (Lipinski definition) is 8. The van der Waals surface area contributed by atoms with E-state index in [2.05, 4.69) is 40.2 Å². The average molecular weight is 487 g/mol. The number of rotatable bonds is 11. The zero-order chi connectivity index (χ0) is 25.2. The van der Waals surface area contributed by atoms with E-state index < -0.39 is 6.61 Å². The van der Waals surface area contributed by atoms with E-state index in [-0.39, 0.29) is 5.78 Å². The lowest BCUT2D eigenvalue weighted by Gasteiger charge is -2.28. The molecule has 1 aliphatic rings. The average Bonchev–Trinajstić information content (AvgIpc) is 2.93. The van der Waals surface area contributed by atoms with Gasteiger partial charge in [0.1, 0.15) is 24.3 Å². The summed E-state index contributed by atoms with van der Waals surface area (Å²) in [6.45, 7) is 3.31. The Balaban J connectivity index is 1.38. The highest BCUT2D eigenvalue weighted by Gasteiger charge is 2.12. The second-order valence-electron chi connectivity index (χ2n) is 8.63. The van der Waals surface area contributed by atoms with Crippen LogP contribution in [0.25, 0.3) is 11.3 Å². The Bertz CT molecular complexity index is 1200. The van der Waals surface area contributed by atoms with Gasteiger partial charge >= 0.3 is 0 Å². The van der Waals surface area contributed by atoms with Crippen molar-refractivity contribution in [3.05, 3.63) is 71.7 Å². The number of carbonyl (C=O) groups is 1. The topological polar surface area (TPSA) is 109 Å². The van der Waals surface area contributed by atoms with Crippen molar-refractivity contribution < 1.29 is 19.4 Å². The maximum absolute atomic E-state index is 11.2. The van der Waals surface area contributed by atoms with Crippen LogP contribution in [0.3, 0.4) is 0 Å². The molecule has 2 heterocycles. The fourth-order valence-corrected chi connectivity index (χ4v) is 4.06. The van der Waals surface area contributed by atoms with Crippen molar-refractivity contribution in [2.45, 2.75) is 25.7 Å². The minimum Gasteiger partial charge on any atom is -0.492 e. The second kappa shape index (κ2) is 12.8. The third kappa shape index (κ3) is 6.87. The quantitative estimate of drug-likeness (QED) is 0.410. The van der Waals surface area contributed by atoms with Gasteiger partial charge < -0.3 is 19.5 Å². The summed E-state index contributed by atoms with van der Waals surface area (Å²) in [5.41, 5.74) is 4.32. The molecule has 0 saturated carbocycles. The van der Waals surface area contributed by atoms with Crippen molar-refractivity contribution in [2.75, 3.05) is 44.4 Å². The van der Waals surface area contributed by atoms with E-state index in [1.807, 2.05) is 12.1 Å². The van der Waals surface area contributed by atoms with Gasteiger partial charge in [0.25, 0.3) is 0 Å². The largest absolute Gasteiger partial charge is 0.492 e. The molecular weight excluding hydrogens is 456 g/mol. The summed E-state index contributed by atoms with van der Waals surface area (Å²) >= 11 is 0. The molecule has 0 radical (unpaired) electrons.